The molecular formula is C11H23NO. The first-order chi connectivity index (χ1) is 6.15. The topological polar surface area (TPSA) is 29.1 Å². The lowest BCUT2D eigenvalue weighted by Gasteiger charge is -2.21. The van der Waals surface area contributed by atoms with Crippen molar-refractivity contribution in [1.82, 2.24) is 5.32 Å². The Kier molecular flexibility index (Phi) is 6.65. The van der Waals surface area contributed by atoms with E-state index in [2.05, 4.69) is 26.1 Å². The summed E-state index contributed by atoms with van der Waals surface area (Å²) in [4.78, 5) is 11.2. The van der Waals surface area contributed by atoms with Gasteiger partial charge in [0.05, 0.1) is 0 Å². The van der Waals surface area contributed by atoms with Crippen LogP contribution in [0.3, 0.4) is 0 Å². The van der Waals surface area contributed by atoms with Crippen molar-refractivity contribution in [3.8, 4) is 0 Å². The van der Waals surface area contributed by atoms with Crippen LogP contribution in [0.5, 0.6) is 0 Å². The van der Waals surface area contributed by atoms with Crippen LogP contribution in [-0.2, 0) is 4.79 Å². The number of rotatable bonds is 6. The fraction of sp³-hybridized carbons (Fsp3) is 0.909. The molecule has 0 aromatic carbocycles. The predicted molar refractivity (Wildman–Crippen MR) is 56.5 cm³/mol. The van der Waals surface area contributed by atoms with Crippen LogP contribution in [0.4, 0.5) is 0 Å². The Morgan fingerprint density at radius 1 is 1.38 bits per heavy atom. The zero-order valence-electron chi connectivity index (χ0n) is 9.39. The summed E-state index contributed by atoms with van der Waals surface area (Å²) < 4.78 is 0. The van der Waals surface area contributed by atoms with Crippen molar-refractivity contribution in [3.63, 3.8) is 0 Å². The van der Waals surface area contributed by atoms with E-state index in [1.54, 1.807) is 7.05 Å². The fourth-order valence-electron chi connectivity index (χ4n) is 1.63. The minimum absolute atomic E-state index is 0.179. The lowest BCUT2D eigenvalue weighted by Crippen LogP contribution is -2.24. The highest BCUT2D eigenvalue weighted by molar-refractivity contribution is 5.75. The van der Waals surface area contributed by atoms with Gasteiger partial charge in [-0.05, 0) is 18.3 Å². The van der Waals surface area contributed by atoms with Crippen LogP contribution in [0.2, 0.25) is 0 Å². The number of carbonyl (C=O) groups is 1. The van der Waals surface area contributed by atoms with Crippen molar-refractivity contribution in [1.29, 1.82) is 0 Å². The van der Waals surface area contributed by atoms with Gasteiger partial charge in [-0.1, -0.05) is 33.6 Å². The first-order valence-corrected chi connectivity index (χ1v) is 5.36. The Morgan fingerprint density at radius 3 is 2.38 bits per heavy atom. The Labute approximate surface area is 82.1 Å². The van der Waals surface area contributed by atoms with Crippen LogP contribution in [0.15, 0.2) is 0 Å². The Hall–Kier alpha value is -0.530. The van der Waals surface area contributed by atoms with Crippen LogP contribution < -0.4 is 5.32 Å². The molecule has 0 aliphatic rings. The molecule has 0 radical (unpaired) electrons. The molecular weight excluding hydrogens is 162 g/mol. The summed E-state index contributed by atoms with van der Waals surface area (Å²) in [7, 11) is 1.71. The lowest BCUT2D eigenvalue weighted by atomic mass is 9.85. The molecule has 1 N–H and O–H groups in total. The molecule has 0 saturated carbocycles. The largest absolute Gasteiger partial charge is 0.359 e. The molecule has 0 aromatic rings. The summed E-state index contributed by atoms with van der Waals surface area (Å²) in [5.74, 6) is 1.41. The third-order valence-corrected chi connectivity index (χ3v) is 2.83. The van der Waals surface area contributed by atoms with Crippen molar-refractivity contribution in [3.05, 3.63) is 0 Å². The number of amides is 1. The van der Waals surface area contributed by atoms with Crippen molar-refractivity contribution in [2.24, 2.45) is 11.8 Å². The van der Waals surface area contributed by atoms with Crippen molar-refractivity contribution >= 4 is 5.91 Å². The maximum atomic E-state index is 11.2. The van der Waals surface area contributed by atoms with E-state index in [0.717, 1.165) is 0 Å². The molecule has 0 aliphatic heterocycles. The summed E-state index contributed by atoms with van der Waals surface area (Å²) in [5, 5.41) is 2.69. The standard InChI is InChI=1S/C11H23NO/c1-5-7-10(9(3)6-2)8-11(13)12-4/h9-10H,5-8H2,1-4H3,(H,12,13)/t9-,10-/m1/s1. The van der Waals surface area contributed by atoms with Crippen LogP contribution in [0.25, 0.3) is 0 Å². The third kappa shape index (κ3) is 4.91. The number of hydrogen-bond acceptors (Lipinski definition) is 1. The molecule has 0 heterocycles. The zero-order valence-corrected chi connectivity index (χ0v) is 9.39. The monoisotopic (exact) mass is 185 g/mol. The van der Waals surface area contributed by atoms with Crippen LogP contribution in [0, 0.1) is 11.8 Å². The first kappa shape index (κ1) is 12.5. The van der Waals surface area contributed by atoms with Crippen LogP contribution in [0.1, 0.15) is 46.5 Å². The van der Waals surface area contributed by atoms with E-state index in [1.807, 2.05) is 0 Å². The van der Waals surface area contributed by atoms with Gasteiger partial charge >= 0.3 is 0 Å². The van der Waals surface area contributed by atoms with Gasteiger partial charge in [0.25, 0.3) is 0 Å². The van der Waals surface area contributed by atoms with Crippen molar-refractivity contribution in [2.75, 3.05) is 7.05 Å². The molecule has 0 spiro atoms. The third-order valence-electron chi connectivity index (χ3n) is 2.83. The summed E-state index contributed by atoms with van der Waals surface area (Å²) in [6, 6.07) is 0. The molecule has 13 heavy (non-hydrogen) atoms. The lowest BCUT2D eigenvalue weighted by molar-refractivity contribution is -0.122. The number of carbonyl (C=O) groups excluding carboxylic acids is 1. The SMILES string of the molecule is CCC[C@H](CC(=O)NC)[C@H](C)CC. The molecule has 0 aromatic heterocycles. The zero-order chi connectivity index (χ0) is 10.3. The Morgan fingerprint density at radius 2 is 2.00 bits per heavy atom. The number of nitrogens with one attached hydrogen (secondary N) is 1. The van der Waals surface area contributed by atoms with E-state index in [4.69, 9.17) is 0 Å². The van der Waals surface area contributed by atoms with E-state index in [-0.39, 0.29) is 5.91 Å². The second-order valence-corrected chi connectivity index (χ2v) is 3.81. The molecule has 0 fully saturated rings. The molecule has 0 bridgehead atoms. The Bertz CT molecular complexity index is 145. The first-order valence-electron chi connectivity index (χ1n) is 5.36. The van der Waals surface area contributed by atoms with Gasteiger partial charge in [0.2, 0.25) is 5.91 Å². The second-order valence-electron chi connectivity index (χ2n) is 3.81. The molecule has 78 valence electrons. The van der Waals surface area contributed by atoms with E-state index >= 15 is 0 Å². The highest BCUT2D eigenvalue weighted by Gasteiger charge is 2.17. The second kappa shape index (κ2) is 6.93. The Balaban J connectivity index is 4.00. The van der Waals surface area contributed by atoms with Gasteiger partial charge in [-0.2, -0.15) is 0 Å². The molecule has 2 nitrogen and oxygen atoms in total. The van der Waals surface area contributed by atoms with E-state index < -0.39 is 0 Å². The van der Waals surface area contributed by atoms with Crippen molar-refractivity contribution in [2.45, 2.75) is 46.5 Å². The molecule has 0 saturated heterocycles. The van der Waals surface area contributed by atoms with Gasteiger partial charge in [0.15, 0.2) is 0 Å². The average Bonchev–Trinajstić information content (AvgIpc) is 2.15. The molecule has 0 unspecified atom stereocenters. The quantitative estimate of drug-likeness (QED) is 0.677. The normalized spacial score (nSPS) is 15.1. The summed E-state index contributed by atoms with van der Waals surface area (Å²) in [5.41, 5.74) is 0. The summed E-state index contributed by atoms with van der Waals surface area (Å²) in [6.45, 7) is 6.61. The highest BCUT2D eigenvalue weighted by atomic mass is 16.1. The molecule has 0 rings (SSSR count). The minimum atomic E-state index is 0.179. The van der Waals surface area contributed by atoms with Gasteiger partial charge in [-0.25, -0.2) is 0 Å². The molecule has 0 aliphatic carbocycles. The van der Waals surface area contributed by atoms with E-state index in [9.17, 15) is 4.79 Å². The minimum Gasteiger partial charge on any atom is -0.359 e. The smallest absolute Gasteiger partial charge is 0.220 e. The molecule has 2 atom stereocenters. The summed E-state index contributed by atoms with van der Waals surface area (Å²) in [6.07, 6.45) is 4.20. The van der Waals surface area contributed by atoms with E-state index in [1.165, 1.54) is 19.3 Å². The van der Waals surface area contributed by atoms with Crippen LogP contribution >= 0.6 is 0 Å². The average molecular weight is 185 g/mol. The van der Waals surface area contributed by atoms with Gasteiger partial charge < -0.3 is 5.32 Å². The maximum Gasteiger partial charge on any atom is 0.220 e. The highest BCUT2D eigenvalue weighted by Crippen LogP contribution is 2.23. The van der Waals surface area contributed by atoms with Gasteiger partial charge in [-0.15, -0.1) is 0 Å². The maximum absolute atomic E-state index is 11.2. The van der Waals surface area contributed by atoms with E-state index in [0.29, 0.717) is 18.3 Å². The van der Waals surface area contributed by atoms with Gasteiger partial charge in [-0.3, -0.25) is 4.79 Å². The number of hydrogen-bond donors (Lipinski definition) is 1. The summed E-state index contributed by atoms with van der Waals surface area (Å²) >= 11 is 0. The van der Waals surface area contributed by atoms with Crippen LogP contribution in [-0.4, -0.2) is 13.0 Å². The van der Waals surface area contributed by atoms with Gasteiger partial charge in [0.1, 0.15) is 0 Å². The van der Waals surface area contributed by atoms with Gasteiger partial charge in [0, 0.05) is 13.5 Å². The predicted octanol–water partition coefficient (Wildman–Crippen LogP) is 2.58. The molecule has 1 amide bonds. The fourth-order valence-corrected chi connectivity index (χ4v) is 1.63. The van der Waals surface area contributed by atoms with Crippen molar-refractivity contribution < 1.29 is 4.79 Å². The molecule has 2 heteroatoms.